The molecular weight excluding hydrogens is 270 g/mol. The highest BCUT2D eigenvalue weighted by Gasteiger charge is 2.01. The Hall–Kier alpha value is -1.88. The standard InChI is InChI=1S/C15H19N3OS/c1-10(2)19-14-7-5-6-13(8-14)9-16-18-15-17-11(3)12(4)20-15/h5-10H,1-4H3,(H,17,18)/b16-9-. The van der Waals surface area contributed by atoms with Crippen LogP contribution in [-0.2, 0) is 0 Å². The van der Waals surface area contributed by atoms with Crippen LogP contribution in [0.15, 0.2) is 29.4 Å². The predicted octanol–water partition coefficient (Wildman–Crippen LogP) is 3.99. The van der Waals surface area contributed by atoms with Gasteiger partial charge in [-0.25, -0.2) is 4.98 Å². The van der Waals surface area contributed by atoms with E-state index in [0.717, 1.165) is 22.1 Å². The largest absolute Gasteiger partial charge is 0.491 e. The molecule has 1 heterocycles. The number of hydrazone groups is 1. The third kappa shape index (κ3) is 4.06. The molecule has 1 N–H and O–H groups in total. The zero-order chi connectivity index (χ0) is 14.5. The summed E-state index contributed by atoms with van der Waals surface area (Å²) in [4.78, 5) is 5.57. The van der Waals surface area contributed by atoms with Crippen LogP contribution in [0.3, 0.4) is 0 Å². The van der Waals surface area contributed by atoms with E-state index < -0.39 is 0 Å². The van der Waals surface area contributed by atoms with Gasteiger partial charge in [-0.2, -0.15) is 5.10 Å². The molecule has 106 valence electrons. The summed E-state index contributed by atoms with van der Waals surface area (Å²) in [5.74, 6) is 0.852. The van der Waals surface area contributed by atoms with Crippen molar-refractivity contribution >= 4 is 22.7 Å². The van der Waals surface area contributed by atoms with Crippen molar-refractivity contribution in [3.63, 3.8) is 0 Å². The second kappa shape index (κ2) is 6.52. The molecule has 2 rings (SSSR count). The van der Waals surface area contributed by atoms with Gasteiger partial charge in [-0.15, -0.1) is 11.3 Å². The molecule has 5 heteroatoms. The first-order chi connectivity index (χ1) is 9.54. The summed E-state index contributed by atoms with van der Waals surface area (Å²) in [6.07, 6.45) is 1.93. The predicted molar refractivity (Wildman–Crippen MR) is 85.0 cm³/mol. The van der Waals surface area contributed by atoms with Crippen LogP contribution in [0, 0.1) is 13.8 Å². The maximum absolute atomic E-state index is 5.65. The SMILES string of the molecule is Cc1nc(N/N=C\c2cccc(OC(C)C)c2)sc1C. The lowest BCUT2D eigenvalue weighted by atomic mass is 10.2. The minimum absolute atomic E-state index is 0.168. The van der Waals surface area contributed by atoms with E-state index in [0.29, 0.717) is 0 Å². The van der Waals surface area contributed by atoms with Gasteiger partial charge in [0.15, 0.2) is 0 Å². The number of rotatable bonds is 5. The van der Waals surface area contributed by atoms with Gasteiger partial charge in [-0.3, -0.25) is 5.43 Å². The zero-order valence-electron chi connectivity index (χ0n) is 12.2. The number of hydrogen-bond acceptors (Lipinski definition) is 5. The minimum Gasteiger partial charge on any atom is -0.491 e. The molecule has 0 saturated carbocycles. The number of anilines is 1. The molecule has 0 aliphatic heterocycles. The molecule has 0 bridgehead atoms. The zero-order valence-corrected chi connectivity index (χ0v) is 13.0. The fraction of sp³-hybridized carbons (Fsp3) is 0.333. The third-order valence-electron chi connectivity index (χ3n) is 2.63. The molecule has 2 aromatic rings. The van der Waals surface area contributed by atoms with Crippen molar-refractivity contribution in [2.45, 2.75) is 33.8 Å². The number of hydrogen-bond donors (Lipinski definition) is 1. The Morgan fingerprint density at radius 2 is 2.15 bits per heavy atom. The summed E-state index contributed by atoms with van der Waals surface area (Å²) >= 11 is 1.60. The fourth-order valence-corrected chi connectivity index (χ4v) is 2.39. The first kappa shape index (κ1) is 14.5. The lowest BCUT2D eigenvalue weighted by Gasteiger charge is -2.09. The monoisotopic (exact) mass is 289 g/mol. The number of aryl methyl sites for hydroxylation is 2. The smallest absolute Gasteiger partial charge is 0.203 e. The third-order valence-corrected chi connectivity index (χ3v) is 3.61. The highest BCUT2D eigenvalue weighted by molar-refractivity contribution is 7.15. The fourth-order valence-electron chi connectivity index (χ4n) is 1.62. The number of nitrogens with one attached hydrogen (secondary N) is 1. The van der Waals surface area contributed by atoms with E-state index in [9.17, 15) is 0 Å². The van der Waals surface area contributed by atoms with Crippen molar-refractivity contribution in [1.29, 1.82) is 0 Å². The second-order valence-electron chi connectivity index (χ2n) is 4.77. The van der Waals surface area contributed by atoms with Crippen LogP contribution >= 0.6 is 11.3 Å². The number of ether oxygens (including phenoxy) is 1. The van der Waals surface area contributed by atoms with Crippen molar-refractivity contribution in [1.82, 2.24) is 4.98 Å². The van der Waals surface area contributed by atoms with Gasteiger partial charge in [0.05, 0.1) is 18.0 Å². The van der Waals surface area contributed by atoms with E-state index in [2.05, 4.69) is 22.4 Å². The molecule has 0 unspecified atom stereocenters. The molecule has 4 nitrogen and oxygen atoms in total. The van der Waals surface area contributed by atoms with E-state index in [1.165, 1.54) is 4.88 Å². The first-order valence-corrected chi connectivity index (χ1v) is 7.36. The van der Waals surface area contributed by atoms with Gasteiger partial charge in [0, 0.05) is 4.88 Å². The maximum Gasteiger partial charge on any atom is 0.203 e. The van der Waals surface area contributed by atoms with Gasteiger partial charge in [0.1, 0.15) is 5.75 Å². The Morgan fingerprint density at radius 1 is 1.35 bits per heavy atom. The molecule has 0 spiro atoms. The maximum atomic E-state index is 5.65. The summed E-state index contributed by atoms with van der Waals surface area (Å²) in [5.41, 5.74) is 4.98. The van der Waals surface area contributed by atoms with Gasteiger partial charge < -0.3 is 4.74 Å². The number of aromatic nitrogens is 1. The van der Waals surface area contributed by atoms with Crippen LogP contribution in [0.2, 0.25) is 0 Å². The lowest BCUT2D eigenvalue weighted by molar-refractivity contribution is 0.242. The van der Waals surface area contributed by atoms with Gasteiger partial charge >= 0.3 is 0 Å². The Morgan fingerprint density at radius 3 is 2.80 bits per heavy atom. The van der Waals surface area contributed by atoms with E-state index in [1.807, 2.05) is 45.0 Å². The molecule has 0 radical (unpaired) electrons. The van der Waals surface area contributed by atoms with Crippen LogP contribution in [0.1, 0.15) is 30.0 Å². The van der Waals surface area contributed by atoms with Crippen molar-refractivity contribution in [2.75, 3.05) is 5.43 Å². The molecule has 1 aromatic carbocycles. The topological polar surface area (TPSA) is 46.5 Å². The summed E-state index contributed by atoms with van der Waals surface area (Å²) in [7, 11) is 0. The Kier molecular flexibility index (Phi) is 4.74. The Labute approximate surface area is 123 Å². The van der Waals surface area contributed by atoms with E-state index in [1.54, 1.807) is 17.6 Å². The van der Waals surface area contributed by atoms with E-state index >= 15 is 0 Å². The van der Waals surface area contributed by atoms with Crippen LogP contribution in [-0.4, -0.2) is 17.3 Å². The van der Waals surface area contributed by atoms with Gasteiger partial charge in [0.2, 0.25) is 5.13 Å². The summed E-state index contributed by atoms with van der Waals surface area (Å²) < 4.78 is 5.65. The molecule has 0 aliphatic rings. The van der Waals surface area contributed by atoms with E-state index in [-0.39, 0.29) is 6.10 Å². The van der Waals surface area contributed by atoms with E-state index in [4.69, 9.17) is 4.74 Å². The average molecular weight is 289 g/mol. The van der Waals surface area contributed by atoms with Crippen molar-refractivity contribution in [3.8, 4) is 5.75 Å². The molecule has 0 atom stereocenters. The highest BCUT2D eigenvalue weighted by atomic mass is 32.1. The van der Waals surface area contributed by atoms with Crippen LogP contribution in [0.5, 0.6) is 5.75 Å². The molecule has 0 aliphatic carbocycles. The number of thiazole rings is 1. The molecule has 0 saturated heterocycles. The number of benzene rings is 1. The van der Waals surface area contributed by atoms with Crippen molar-refractivity contribution < 1.29 is 4.74 Å². The van der Waals surface area contributed by atoms with Gasteiger partial charge in [-0.05, 0) is 45.4 Å². The Bertz CT molecular complexity index is 585. The van der Waals surface area contributed by atoms with Crippen molar-refractivity contribution in [2.24, 2.45) is 5.10 Å². The number of nitrogens with zero attached hydrogens (tertiary/aromatic N) is 2. The minimum atomic E-state index is 0.168. The quantitative estimate of drug-likeness (QED) is 0.668. The average Bonchev–Trinajstić information content (AvgIpc) is 2.68. The van der Waals surface area contributed by atoms with Crippen LogP contribution < -0.4 is 10.2 Å². The molecular formula is C15H19N3OS. The normalized spacial score (nSPS) is 11.2. The second-order valence-corrected chi connectivity index (χ2v) is 5.97. The highest BCUT2D eigenvalue weighted by Crippen LogP contribution is 2.21. The summed E-state index contributed by atoms with van der Waals surface area (Å²) in [5, 5.41) is 5.01. The van der Waals surface area contributed by atoms with Crippen LogP contribution in [0.4, 0.5) is 5.13 Å². The molecule has 0 fully saturated rings. The lowest BCUT2D eigenvalue weighted by Crippen LogP contribution is -2.05. The molecule has 0 amide bonds. The van der Waals surface area contributed by atoms with Crippen LogP contribution in [0.25, 0.3) is 0 Å². The van der Waals surface area contributed by atoms with Gasteiger partial charge in [0.25, 0.3) is 0 Å². The Balaban J connectivity index is 2.00. The molecule has 20 heavy (non-hydrogen) atoms. The van der Waals surface area contributed by atoms with Crippen molar-refractivity contribution in [3.05, 3.63) is 40.4 Å². The van der Waals surface area contributed by atoms with Gasteiger partial charge in [-0.1, -0.05) is 12.1 Å². The molecule has 1 aromatic heterocycles. The summed E-state index contributed by atoms with van der Waals surface area (Å²) in [6, 6.07) is 7.84. The summed E-state index contributed by atoms with van der Waals surface area (Å²) in [6.45, 7) is 8.06. The first-order valence-electron chi connectivity index (χ1n) is 6.54.